The van der Waals surface area contributed by atoms with Crippen LogP contribution in [-0.4, -0.2) is 20.2 Å². The Labute approximate surface area is 78.2 Å². The normalized spacial score (nSPS) is 12.5. The van der Waals surface area contributed by atoms with Crippen molar-refractivity contribution in [1.82, 2.24) is 0 Å². The van der Waals surface area contributed by atoms with Crippen molar-refractivity contribution in [3.8, 4) is 5.75 Å². The Morgan fingerprint density at radius 3 is 2.92 bits per heavy atom. The summed E-state index contributed by atoms with van der Waals surface area (Å²) in [5.41, 5.74) is 0. The van der Waals surface area contributed by atoms with Gasteiger partial charge >= 0.3 is 6.48 Å². The highest BCUT2D eigenvalue weighted by atomic mass is 16.8. The summed E-state index contributed by atoms with van der Waals surface area (Å²) in [6.07, 6.45) is 0. The zero-order chi connectivity index (χ0) is 9.52. The van der Waals surface area contributed by atoms with E-state index in [1.54, 1.807) is 12.1 Å². The maximum atomic E-state index is 5.33. The lowest BCUT2D eigenvalue weighted by Crippen LogP contribution is -2.22. The lowest BCUT2D eigenvalue weighted by Gasteiger charge is -2.16. The van der Waals surface area contributed by atoms with E-state index in [1.165, 1.54) is 7.11 Å². The molecule has 1 atom stereocenters. The molecule has 1 radical (unpaired) electrons. The molecule has 0 saturated carbocycles. The smallest absolute Gasteiger partial charge is 0.315 e. The molecule has 0 aliphatic rings. The van der Waals surface area contributed by atoms with E-state index in [9.17, 15) is 0 Å². The van der Waals surface area contributed by atoms with E-state index in [2.05, 4.69) is 6.07 Å². The van der Waals surface area contributed by atoms with E-state index in [-0.39, 0.29) is 0 Å². The van der Waals surface area contributed by atoms with E-state index < -0.39 is 6.48 Å². The third-order valence-electron chi connectivity index (χ3n) is 1.41. The lowest BCUT2D eigenvalue weighted by atomic mass is 10.3. The fourth-order valence-corrected chi connectivity index (χ4v) is 0.848. The molecule has 0 spiro atoms. The molecular weight excluding hydrogens is 168 g/mol. The molecule has 0 amide bonds. The highest BCUT2D eigenvalue weighted by molar-refractivity contribution is 5.19. The van der Waals surface area contributed by atoms with Crippen LogP contribution in [0.25, 0.3) is 0 Å². The quantitative estimate of drug-likeness (QED) is 0.648. The summed E-state index contributed by atoms with van der Waals surface area (Å²) in [4.78, 5) is 0. The van der Waals surface area contributed by atoms with Crippen molar-refractivity contribution in [1.29, 1.82) is 0 Å². The zero-order valence-corrected chi connectivity index (χ0v) is 7.82. The summed E-state index contributed by atoms with van der Waals surface area (Å²) >= 11 is 0. The minimum atomic E-state index is -0.638. The van der Waals surface area contributed by atoms with Crippen molar-refractivity contribution >= 4 is 0 Å². The first-order valence-corrected chi connectivity index (χ1v) is 4.14. The van der Waals surface area contributed by atoms with Crippen molar-refractivity contribution in [2.24, 2.45) is 0 Å². The molecule has 3 nitrogen and oxygen atoms in total. The van der Waals surface area contributed by atoms with Gasteiger partial charge in [-0.15, -0.1) is 0 Å². The number of ether oxygens (including phenoxy) is 3. The molecule has 71 valence electrons. The SMILES string of the molecule is CCOC(OC)Oc1c[c]ccc1. The van der Waals surface area contributed by atoms with Crippen LogP contribution in [0.3, 0.4) is 0 Å². The molecule has 0 aliphatic heterocycles. The highest BCUT2D eigenvalue weighted by Crippen LogP contribution is 2.11. The van der Waals surface area contributed by atoms with Crippen LogP contribution in [0.4, 0.5) is 0 Å². The minimum Gasteiger partial charge on any atom is -0.441 e. The molecule has 0 aromatic heterocycles. The van der Waals surface area contributed by atoms with Crippen molar-refractivity contribution in [2.45, 2.75) is 13.4 Å². The van der Waals surface area contributed by atoms with Gasteiger partial charge in [0.2, 0.25) is 0 Å². The van der Waals surface area contributed by atoms with Crippen LogP contribution in [0, 0.1) is 6.07 Å². The van der Waals surface area contributed by atoms with Crippen LogP contribution in [0.2, 0.25) is 0 Å². The van der Waals surface area contributed by atoms with Gasteiger partial charge in [0.25, 0.3) is 0 Å². The summed E-state index contributed by atoms with van der Waals surface area (Å²) < 4.78 is 15.4. The predicted molar refractivity (Wildman–Crippen MR) is 48.3 cm³/mol. The summed E-state index contributed by atoms with van der Waals surface area (Å²) in [5.74, 6) is 0.683. The van der Waals surface area contributed by atoms with Crippen molar-refractivity contribution in [3.05, 3.63) is 30.3 Å². The van der Waals surface area contributed by atoms with Crippen LogP contribution in [-0.2, 0) is 9.47 Å². The van der Waals surface area contributed by atoms with Crippen LogP contribution >= 0.6 is 0 Å². The average Bonchev–Trinajstić information content (AvgIpc) is 2.19. The van der Waals surface area contributed by atoms with Gasteiger partial charge in [-0.25, -0.2) is 0 Å². The number of methoxy groups -OCH3 is 1. The van der Waals surface area contributed by atoms with E-state index in [4.69, 9.17) is 14.2 Å². The van der Waals surface area contributed by atoms with Crippen LogP contribution in [0.1, 0.15) is 6.92 Å². The first-order valence-electron chi connectivity index (χ1n) is 4.14. The topological polar surface area (TPSA) is 27.7 Å². The Balaban J connectivity index is 2.46. The number of benzene rings is 1. The Morgan fingerprint density at radius 1 is 1.54 bits per heavy atom. The van der Waals surface area contributed by atoms with Crippen molar-refractivity contribution < 1.29 is 14.2 Å². The summed E-state index contributed by atoms with van der Waals surface area (Å²) in [6, 6.07) is 10.1. The Hall–Kier alpha value is -1.06. The molecule has 0 fully saturated rings. The molecule has 13 heavy (non-hydrogen) atoms. The molecule has 0 N–H and O–H groups in total. The molecular formula is C10H13O3. The van der Waals surface area contributed by atoms with Crippen LogP contribution < -0.4 is 4.74 Å². The Bertz CT molecular complexity index is 223. The van der Waals surface area contributed by atoms with E-state index in [0.29, 0.717) is 12.4 Å². The second-order valence-electron chi connectivity index (χ2n) is 2.34. The third kappa shape index (κ3) is 3.44. The lowest BCUT2D eigenvalue weighted by molar-refractivity contribution is -0.231. The minimum absolute atomic E-state index is 0.551. The Morgan fingerprint density at radius 2 is 2.38 bits per heavy atom. The van der Waals surface area contributed by atoms with Gasteiger partial charge in [-0.05, 0) is 25.1 Å². The first kappa shape index (κ1) is 10.0. The highest BCUT2D eigenvalue weighted by Gasteiger charge is 2.06. The number of hydrogen-bond acceptors (Lipinski definition) is 3. The van der Waals surface area contributed by atoms with Gasteiger partial charge in [0.15, 0.2) is 0 Å². The number of rotatable bonds is 5. The van der Waals surface area contributed by atoms with Gasteiger partial charge in [-0.1, -0.05) is 12.1 Å². The Kier molecular flexibility index (Phi) is 4.29. The van der Waals surface area contributed by atoms with Gasteiger partial charge in [0.05, 0.1) is 6.61 Å². The molecule has 0 heterocycles. The monoisotopic (exact) mass is 181 g/mol. The summed E-state index contributed by atoms with van der Waals surface area (Å²) in [7, 11) is 1.53. The van der Waals surface area contributed by atoms with E-state index >= 15 is 0 Å². The van der Waals surface area contributed by atoms with E-state index in [1.807, 2.05) is 19.1 Å². The average molecular weight is 181 g/mol. The van der Waals surface area contributed by atoms with Crippen LogP contribution in [0.15, 0.2) is 24.3 Å². The molecule has 1 unspecified atom stereocenters. The van der Waals surface area contributed by atoms with Gasteiger partial charge in [0, 0.05) is 7.11 Å². The zero-order valence-electron chi connectivity index (χ0n) is 7.82. The standard InChI is InChI=1S/C10H13O3/c1-3-12-10(11-2)13-9-7-5-4-6-8-9/h4-5,7-8,10H,3H2,1-2H3. The van der Waals surface area contributed by atoms with Crippen molar-refractivity contribution in [3.63, 3.8) is 0 Å². The van der Waals surface area contributed by atoms with Crippen LogP contribution in [0.5, 0.6) is 5.75 Å². The van der Waals surface area contributed by atoms with Gasteiger partial charge in [-0.3, -0.25) is 0 Å². The predicted octanol–water partition coefficient (Wildman–Crippen LogP) is 1.83. The maximum Gasteiger partial charge on any atom is 0.315 e. The molecule has 0 saturated heterocycles. The fraction of sp³-hybridized carbons (Fsp3) is 0.400. The van der Waals surface area contributed by atoms with Gasteiger partial charge in [0.1, 0.15) is 5.75 Å². The number of hydrogen-bond donors (Lipinski definition) is 0. The second-order valence-corrected chi connectivity index (χ2v) is 2.34. The van der Waals surface area contributed by atoms with Gasteiger partial charge < -0.3 is 14.2 Å². The maximum absolute atomic E-state index is 5.33. The molecule has 0 bridgehead atoms. The fourth-order valence-electron chi connectivity index (χ4n) is 0.848. The molecule has 1 rings (SSSR count). The van der Waals surface area contributed by atoms with E-state index in [0.717, 1.165) is 0 Å². The molecule has 0 aliphatic carbocycles. The first-order chi connectivity index (χ1) is 6.36. The largest absolute Gasteiger partial charge is 0.441 e. The molecule has 3 heteroatoms. The molecule has 1 aromatic carbocycles. The third-order valence-corrected chi connectivity index (χ3v) is 1.41. The van der Waals surface area contributed by atoms with Gasteiger partial charge in [-0.2, -0.15) is 0 Å². The second kappa shape index (κ2) is 5.56. The summed E-state index contributed by atoms with van der Waals surface area (Å²) in [5, 5.41) is 0. The molecule has 1 aromatic rings. The van der Waals surface area contributed by atoms with Crippen molar-refractivity contribution in [2.75, 3.05) is 13.7 Å². The summed E-state index contributed by atoms with van der Waals surface area (Å²) in [6.45, 7) is 1.79.